The number of amides is 1. The van der Waals surface area contributed by atoms with Gasteiger partial charge in [-0.2, -0.15) is 0 Å². The van der Waals surface area contributed by atoms with Gasteiger partial charge in [-0.15, -0.1) is 0 Å². The molecule has 0 aliphatic carbocycles. The van der Waals surface area contributed by atoms with Crippen molar-refractivity contribution in [2.24, 2.45) is 0 Å². The van der Waals surface area contributed by atoms with E-state index in [1.165, 1.54) is 0 Å². The summed E-state index contributed by atoms with van der Waals surface area (Å²) in [6.07, 6.45) is 2.09. The van der Waals surface area contributed by atoms with Gasteiger partial charge in [-0.05, 0) is 68.2 Å². The number of aliphatic carboxylic acids is 1. The minimum absolute atomic E-state index is 0.135. The maximum absolute atomic E-state index is 14.8. The highest BCUT2D eigenvalue weighted by Gasteiger charge is 2.54. The zero-order chi connectivity index (χ0) is 37.2. The minimum atomic E-state index is -2.45. The van der Waals surface area contributed by atoms with Gasteiger partial charge in [0.2, 0.25) is 5.91 Å². The Hall–Kier alpha value is -4.48. The molecule has 0 aromatic heterocycles. The van der Waals surface area contributed by atoms with E-state index in [2.05, 4.69) is 44.8 Å². The first-order chi connectivity index (χ1) is 24.1. The van der Waals surface area contributed by atoms with Gasteiger partial charge in [-0.25, -0.2) is 0 Å². The minimum Gasteiger partial charge on any atom is -0.543 e. The van der Waals surface area contributed by atoms with Gasteiger partial charge in [0, 0.05) is 28.0 Å². The van der Waals surface area contributed by atoms with E-state index >= 15 is 0 Å². The quantitative estimate of drug-likeness (QED) is 0.213. The van der Waals surface area contributed by atoms with Crippen molar-refractivity contribution in [3.63, 3.8) is 0 Å². The predicted molar refractivity (Wildman–Crippen MR) is 198 cm³/mol. The molecule has 51 heavy (non-hydrogen) atoms. The number of rotatable bonds is 10. The molecule has 3 aliphatic rings. The van der Waals surface area contributed by atoms with Crippen LogP contribution in [0.4, 0.5) is 0 Å². The van der Waals surface area contributed by atoms with Crippen LogP contribution in [0.1, 0.15) is 78.2 Å². The smallest absolute Gasteiger partial charge is 0.305 e. The Labute approximate surface area is 302 Å². The second kappa shape index (κ2) is 13.2. The van der Waals surface area contributed by atoms with Gasteiger partial charge in [0.15, 0.2) is 23.0 Å². The normalized spacial score (nSPS) is 19.7. The summed E-state index contributed by atoms with van der Waals surface area (Å²) in [6, 6.07) is 10.2. The molecule has 10 nitrogen and oxygen atoms in total. The van der Waals surface area contributed by atoms with Crippen LogP contribution in [0.25, 0.3) is 6.08 Å². The van der Waals surface area contributed by atoms with Gasteiger partial charge in [0.25, 0.3) is 8.32 Å². The third kappa shape index (κ3) is 5.93. The Balaban J connectivity index is 1.67. The Morgan fingerprint density at radius 1 is 0.941 bits per heavy atom. The van der Waals surface area contributed by atoms with Crippen LogP contribution in [0.15, 0.2) is 42.1 Å². The molecule has 3 aromatic carbocycles. The van der Waals surface area contributed by atoms with E-state index in [0.717, 1.165) is 27.8 Å². The average Bonchev–Trinajstić information content (AvgIpc) is 3.06. The van der Waals surface area contributed by atoms with Gasteiger partial charge in [-0.1, -0.05) is 57.2 Å². The SMILES string of the molecule is COc1c(C)cc2c(c1OCc1ccccc1)[C@@H]1C3=Cc4c(O[Si](C)(C)C(C)(C)C)c(C)c(OC)c(OC)c4[C@H](CC(=O)O)N3C(=O)[C@H](C2)N1C. The number of benzene rings is 3. The fraction of sp³-hybridized carbons (Fsp3) is 0.450. The van der Waals surface area contributed by atoms with Crippen LogP contribution < -0.4 is 23.4 Å². The molecule has 3 aromatic rings. The highest BCUT2D eigenvalue weighted by atomic mass is 28.4. The Morgan fingerprint density at radius 2 is 1.59 bits per heavy atom. The predicted octanol–water partition coefficient (Wildman–Crippen LogP) is 7.60. The lowest BCUT2D eigenvalue weighted by molar-refractivity contribution is -0.146. The van der Waals surface area contributed by atoms with E-state index in [4.69, 9.17) is 23.4 Å². The number of nitrogens with zero attached hydrogens (tertiary/aromatic N) is 2. The highest BCUT2D eigenvalue weighted by molar-refractivity contribution is 6.74. The van der Waals surface area contributed by atoms with Crippen LogP contribution in [0.5, 0.6) is 28.7 Å². The van der Waals surface area contributed by atoms with Gasteiger partial charge >= 0.3 is 5.97 Å². The summed E-state index contributed by atoms with van der Waals surface area (Å²) >= 11 is 0. The number of aryl methyl sites for hydroxylation is 1. The van der Waals surface area contributed by atoms with Crippen LogP contribution in [0.2, 0.25) is 18.1 Å². The van der Waals surface area contributed by atoms with Crippen molar-refractivity contribution >= 4 is 26.3 Å². The third-order valence-electron chi connectivity index (χ3n) is 11.2. The molecule has 1 amide bonds. The standard InChI is InChI=1S/C40H50N2O8Si/c1-22-17-25-18-29-39(45)42-27(20-30(43)44)32-26(35(50-51(10,11)40(3,4)5)23(2)36(47-8)37(32)48-9)19-28(42)33(41(29)6)31(25)38(34(22)46-7)49-21-24-15-13-12-14-16-24/h12-17,19,27,29,33H,18,20-21H2,1-11H3,(H,43,44)/t27-,29-,33-/m0/s1. The first-order valence-corrected chi connectivity index (χ1v) is 20.3. The molecule has 0 unspecified atom stereocenters. The second-order valence-electron chi connectivity index (χ2n) is 15.3. The lowest BCUT2D eigenvalue weighted by Crippen LogP contribution is -2.60. The molecular weight excluding hydrogens is 665 g/mol. The fourth-order valence-electron chi connectivity index (χ4n) is 7.64. The second-order valence-corrected chi connectivity index (χ2v) is 20.0. The number of carbonyl (C=O) groups excluding carboxylic acids is 1. The number of carbonyl (C=O) groups is 2. The molecule has 3 aliphatic heterocycles. The van der Waals surface area contributed by atoms with Crippen molar-refractivity contribution in [1.82, 2.24) is 9.80 Å². The molecule has 1 fully saturated rings. The molecule has 3 heterocycles. The fourth-order valence-corrected chi connectivity index (χ4v) is 8.72. The molecule has 1 N–H and O–H groups in total. The van der Waals surface area contributed by atoms with Gasteiger partial charge in [0.05, 0.1) is 45.9 Å². The van der Waals surface area contributed by atoms with Crippen LogP contribution in [0.3, 0.4) is 0 Å². The summed E-state index contributed by atoms with van der Waals surface area (Å²) in [7, 11) is 4.26. The first kappa shape index (κ1) is 36.3. The number of fused-ring (bicyclic) bond motifs is 7. The topological polar surface area (TPSA) is 107 Å². The molecule has 272 valence electrons. The van der Waals surface area contributed by atoms with E-state index in [1.807, 2.05) is 57.3 Å². The lowest BCUT2D eigenvalue weighted by atomic mass is 9.77. The number of piperazine rings is 1. The number of hydrogen-bond acceptors (Lipinski definition) is 8. The number of hydrogen-bond donors (Lipinski definition) is 1. The molecule has 2 bridgehead atoms. The molecule has 0 saturated carbocycles. The monoisotopic (exact) mass is 714 g/mol. The maximum atomic E-state index is 14.8. The van der Waals surface area contributed by atoms with Crippen molar-refractivity contribution in [3.05, 3.63) is 81.0 Å². The van der Waals surface area contributed by atoms with E-state index in [0.29, 0.717) is 58.6 Å². The van der Waals surface area contributed by atoms with Crippen LogP contribution in [0, 0.1) is 13.8 Å². The molecule has 0 radical (unpaired) electrons. The van der Waals surface area contributed by atoms with E-state index in [-0.39, 0.29) is 17.4 Å². The van der Waals surface area contributed by atoms with Crippen molar-refractivity contribution in [2.45, 2.75) is 90.3 Å². The molecule has 1 saturated heterocycles. The summed E-state index contributed by atoms with van der Waals surface area (Å²) in [5.41, 5.74) is 6.49. The van der Waals surface area contributed by atoms with Crippen molar-refractivity contribution in [1.29, 1.82) is 0 Å². The van der Waals surface area contributed by atoms with Crippen LogP contribution in [-0.4, -0.2) is 69.5 Å². The zero-order valence-corrected chi connectivity index (χ0v) is 32.6. The van der Waals surface area contributed by atoms with E-state index in [9.17, 15) is 14.7 Å². The molecular formula is C40H50N2O8Si. The summed E-state index contributed by atoms with van der Waals surface area (Å²) in [6.45, 7) is 15.1. The summed E-state index contributed by atoms with van der Waals surface area (Å²) < 4.78 is 31.8. The van der Waals surface area contributed by atoms with Gasteiger partial charge in [-0.3, -0.25) is 14.5 Å². The first-order valence-electron chi connectivity index (χ1n) is 17.4. The third-order valence-corrected chi connectivity index (χ3v) is 15.5. The summed E-state index contributed by atoms with van der Waals surface area (Å²) in [4.78, 5) is 31.3. The van der Waals surface area contributed by atoms with Gasteiger partial charge in [0.1, 0.15) is 12.4 Å². The Morgan fingerprint density at radius 3 is 2.18 bits per heavy atom. The lowest BCUT2D eigenvalue weighted by Gasteiger charge is -2.53. The molecule has 11 heteroatoms. The maximum Gasteiger partial charge on any atom is 0.305 e. The Bertz CT molecular complexity index is 1920. The largest absolute Gasteiger partial charge is 0.543 e. The number of carboxylic acids is 1. The Kier molecular flexibility index (Phi) is 9.43. The van der Waals surface area contributed by atoms with Gasteiger partial charge < -0.3 is 33.4 Å². The zero-order valence-electron chi connectivity index (χ0n) is 31.6. The van der Waals surface area contributed by atoms with Crippen molar-refractivity contribution < 1.29 is 38.1 Å². The number of ether oxygens (including phenoxy) is 4. The number of carboxylic acid groups (broad SMARTS) is 1. The summed E-state index contributed by atoms with van der Waals surface area (Å²) in [5.74, 6) is 1.51. The van der Waals surface area contributed by atoms with Crippen molar-refractivity contribution in [2.75, 3.05) is 28.4 Å². The molecule has 0 spiro atoms. The number of likely N-dealkylation sites (N-methyl/N-ethyl adjacent to an activating group) is 1. The van der Waals surface area contributed by atoms with E-state index in [1.54, 1.807) is 26.2 Å². The average molecular weight is 715 g/mol. The van der Waals surface area contributed by atoms with Crippen molar-refractivity contribution in [3.8, 4) is 28.7 Å². The van der Waals surface area contributed by atoms with Crippen LogP contribution in [-0.2, 0) is 22.6 Å². The van der Waals surface area contributed by atoms with Crippen LogP contribution >= 0.6 is 0 Å². The van der Waals surface area contributed by atoms with E-state index < -0.39 is 32.4 Å². The molecule has 3 atom stereocenters. The summed E-state index contributed by atoms with van der Waals surface area (Å²) in [5, 5.41) is 10.3. The highest BCUT2D eigenvalue weighted by Crippen LogP contribution is 2.59. The molecule has 6 rings (SSSR count). The number of methoxy groups -OCH3 is 3.